The van der Waals surface area contributed by atoms with Crippen molar-refractivity contribution >= 4 is 11.8 Å². The molecule has 1 atom stereocenters. The molecule has 54 valence electrons. The van der Waals surface area contributed by atoms with Crippen LogP contribution in [0.3, 0.4) is 0 Å². The van der Waals surface area contributed by atoms with E-state index < -0.39 is 0 Å². The lowest BCUT2D eigenvalue weighted by atomic mass is 10.3. The van der Waals surface area contributed by atoms with Gasteiger partial charge in [0, 0.05) is 10.00 Å². The Morgan fingerprint density at radius 2 is 1.89 bits per heavy atom. The summed E-state index contributed by atoms with van der Waals surface area (Å²) in [5, 5.41) is 0.574. The maximum atomic E-state index is 3.72. The molecule has 0 aliphatic rings. The van der Waals surface area contributed by atoms with Crippen LogP contribution in [-0.2, 0) is 0 Å². The highest BCUT2D eigenvalue weighted by Gasteiger charge is 2.12. The van der Waals surface area contributed by atoms with Crippen molar-refractivity contribution in [1.82, 2.24) is 0 Å². The maximum absolute atomic E-state index is 3.72. The number of rotatable bonds is 2. The highest BCUT2D eigenvalue weighted by molar-refractivity contribution is 8.01. The van der Waals surface area contributed by atoms with Crippen LogP contribution in [-0.4, -0.2) is 10.00 Å². The van der Waals surface area contributed by atoms with Gasteiger partial charge in [-0.25, -0.2) is 0 Å². The first-order chi connectivity index (χ1) is 3.95. The Hall–Kier alpha value is 0.0900. The van der Waals surface area contributed by atoms with Gasteiger partial charge < -0.3 is 0 Å². The van der Waals surface area contributed by atoms with Gasteiger partial charge in [0.15, 0.2) is 0 Å². The molecular weight excluding hydrogens is 128 g/mol. The second kappa shape index (κ2) is 3.31. The Labute approximate surface area is 62.7 Å². The molecule has 0 aromatic carbocycles. The largest absolute Gasteiger partial charge is 0.149 e. The van der Waals surface area contributed by atoms with Crippen LogP contribution < -0.4 is 0 Å². The average Bonchev–Trinajstić information content (AvgIpc) is 1.62. The van der Waals surface area contributed by atoms with Crippen molar-refractivity contribution in [2.45, 2.75) is 37.7 Å². The van der Waals surface area contributed by atoms with Crippen LogP contribution in [0.5, 0.6) is 0 Å². The summed E-state index contributed by atoms with van der Waals surface area (Å²) in [4.78, 5) is 0. The van der Waals surface area contributed by atoms with Gasteiger partial charge in [-0.15, -0.1) is 18.3 Å². The lowest BCUT2D eigenvalue weighted by Crippen LogP contribution is -2.11. The third-order valence-corrected chi connectivity index (χ3v) is 2.14. The summed E-state index contributed by atoms with van der Waals surface area (Å²) in [6, 6.07) is 0. The summed E-state index contributed by atoms with van der Waals surface area (Å²) < 4.78 is 0.369. The highest BCUT2D eigenvalue weighted by atomic mass is 32.2. The first-order valence-corrected chi connectivity index (χ1v) is 4.14. The van der Waals surface area contributed by atoms with E-state index in [1.165, 1.54) is 0 Å². The fraction of sp³-hybridized carbons (Fsp3) is 0.750. The minimum Gasteiger partial charge on any atom is -0.149 e. The van der Waals surface area contributed by atoms with Crippen LogP contribution in [0.2, 0.25) is 0 Å². The zero-order valence-corrected chi connectivity index (χ0v) is 7.59. The molecule has 0 aliphatic heterocycles. The van der Waals surface area contributed by atoms with Crippen LogP contribution in [0.1, 0.15) is 27.7 Å². The minimum absolute atomic E-state index is 0.369. The Morgan fingerprint density at radius 1 is 1.44 bits per heavy atom. The van der Waals surface area contributed by atoms with Gasteiger partial charge in [-0.3, -0.25) is 0 Å². The molecule has 0 aromatic heterocycles. The van der Waals surface area contributed by atoms with Gasteiger partial charge in [-0.1, -0.05) is 26.8 Å². The summed E-state index contributed by atoms with van der Waals surface area (Å²) in [6.07, 6.45) is 1.98. The fourth-order valence-corrected chi connectivity index (χ4v) is 1.82. The van der Waals surface area contributed by atoms with E-state index in [-0.39, 0.29) is 0 Å². The van der Waals surface area contributed by atoms with E-state index in [4.69, 9.17) is 0 Å². The van der Waals surface area contributed by atoms with Crippen LogP contribution in [0.25, 0.3) is 0 Å². The fourth-order valence-electron chi connectivity index (χ4n) is 0.606. The van der Waals surface area contributed by atoms with E-state index in [1.54, 1.807) is 0 Å². The molecule has 1 unspecified atom stereocenters. The molecule has 0 radical (unpaired) electrons. The first-order valence-electron chi connectivity index (χ1n) is 3.26. The average molecular weight is 144 g/mol. The van der Waals surface area contributed by atoms with E-state index in [0.29, 0.717) is 10.00 Å². The van der Waals surface area contributed by atoms with Crippen LogP contribution in [0, 0.1) is 0 Å². The van der Waals surface area contributed by atoms with E-state index >= 15 is 0 Å². The maximum Gasteiger partial charge on any atom is 0.0201 e. The molecule has 0 aliphatic carbocycles. The summed E-state index contributed by atoms with van der Waals surface area (Å²) >= 11 is 1.94. The van der Waals surface area contributed by atoms with Gasteiger partial charge in [0.05, 0.1) is 0 Å². The summed E-state index contributed by atoms with van der Waals surface area (Å²) in [7, 11) is 0. The molecule has 0 saturated heterocycles. The quantitative estimate of drug-likeness (QED) is 0.537. The monoisotopic (exact) mass is 144 g/mol. The zero-order chi connectivity index (χ0) is 7.49. The van der Waals surface area contributed by atoms with Crippen molar-refractivity contribution in [2.24, 2.45) is 0 Å². The second-order valence-electron chi connectivity index (χ2n) is 3.17. The summed E-state index contributed by atoms with van der Waals surface area (Å²) in [5.74, 6) is 0. The van der Waals surface area contributed by atoms with Crippen LogP contribution in [0.15, 0.2) is 12.7 Å². The predicted octanol–water partition coefficient (Wildman–Crippen LogP) is 3.09. The normalized spacial score (nSPS) is 15.1. The number of hydrogen-bond donors (Lipinski definition) is 0. The van der Waals surface area contributed by atoms with Crippen molar-refractivity contribution in [3.05, 3.63) is 12.7 Å². The summed E-state index contributed by atoms with van der Waals surface area (Å²) in [5.41, 5.74) is 0. The standard InChI is InChI=1S/C8H16S/c1-6-7(2)9-8(3,4)5/h6-7H,1H2,2-5H3. The van der Waals surface area contributed by atoms with Crippen molar-refractivity contribution < 1.29 is 0 Å². The Kier molecular flexibility index (Phi) is 3.34. The Balaban J connectivity index is 3.59. The van der Waals surface area contributed by atoms with Crippen molar-refractivity contribution in [2.75, 3.05) is 0 Å². The van der Waals surface area contributed by atoms with E-state index in [9.17, 15) is 0 Å². The van der Waals surface area contributed by atoms with Crippen molar-refractivity contribution in [1.29, 1.82) is 0 Å². The van der Waals surface area contributed by atoms with Crippen LogP contribution in [0.4, 0.5) is 0 Å². The zero-order valence-electron chi connectivity index (χ0n) is 6.77. The molecule has 9 heavy (non-hydrogen) atoms. The molecule has 0 nitrogen and oxygen atoms in total. The SMILES string of the molecule is C=CC(C)SC(C)(C)C. The molecule has 0 spiro atoms. The molecule has 0 aromatic rings. The number of hydrogen-bond acceptors (Lipinski definition) is 1. The molecule has 0 bridgehead atoms. The van der Waals surface area contributed by atoms with Gasteiger partial charge in [0.2, 0.25) is 0 Å². The van der Waals surface area contributed by atoms with Gasteiger partial charge >= 0.3 is 0 Å². The smallest absolute Gasteiger partial charge is 0.0201 e. The third kappa shape index (κ3) is 5.97. The topological polar surface area (TPSA) is 0 Å². The van der Waals surface area contributed by atoms with Gasteiger partial charge in [0.1, 0.15) is 0 Å². The van der Waals surface area contributed by atoms with E-state index in [2.05, 4.69) is 34.3 Å². The predicted molar refractivity (Wildman–Crippen MR) is 47.0 cm³/mol. The molecule has 0 fully saturated rings. The molecular formula is C8H16S. The molecule has 0 rings (SSSR count). The second-order valence-corrected chi connectivity index (χ2v) is 5.38. The highest BCUT2D eigenvalue weighted by Crippen LogP contribution is 2.27. The molecule has 0 N–H and O–H groups in total. The molecule has 0 amide bonds. The number of thioether (sulfide) groups is 1. The van der Waals surface area contributed by atoms with Gasteiger partial charge in [0.25, 0.3) is 0 Å². The molecule has 0 saturated carbocycles. The Morgan fingerprint density at radius 3 is 2.00 bits per heavy atom. The van der Waals surface area contributed by atoms with Crippen molar-refractivity contribution in [3.8, 4) is 0 Å². The Bertz CT molecular complexity index is 89.2. The lowest BCUT2D eigenvalue weighted by molar-refractivity contribution is 0.799. The minimum atomic E-state index is 0.369. The lowest BCUT2D eigenvalue weighted by Gasteiger charge is -2.20. The van der Waals surface area contributed by atoms with Crippen LogP contribution >= 0.6 is 11.8 Å². The first kappa shape index (κ1) is 9.09. The van der Waals surface area contributed by atoms with Gasteiger partial charge in [-0.2, -0.15) is 0 Å². The van der Waals surface area contributed by atoms with E-state index in [0.717, 1.165) is 0 Å². The van der Waals surface area contributed by atoms with Gasteiger partial charge in [-0.05, 0) is 6.92 Å². The molecule has 0 heterocycles. The van der Waals surface area contributed by atoms with E-state index in [1.807, 2.05) is 17.8 Å². The third-order valence-electron chi connectivity index (χ3n) is 0.871. The van der Waals surface area contributed by atoms with Crippen molar-refractivity contribution in [3.63, 3.8) is 0 Å². The molecule has 1 heteroatoms. The summed E-state index contributed by atoms with van der Waals surface area (Å²) in [6.45, 7) is 12.6.